The summed E-state index contributed by atoms with van der Waals surface area (Å²) < 4.78 is 5.97. The number of carbonyl (C=O) groups excluding carboxylic acids is 1. The lowest BCUT2D eigenvalue weighted by molar-refractivity contribution is 0.0512. The summed E-state index contributed by atoms with van der Waals surface area (Å²) in [5, 5.41) is 6.35. The van der Waals surface area contributed by atoms with E-state index in [2.05, 4.69) is 10.6 Å². The van der Waals surface area contributed by atoms with Crippen LogP contribution in [0.3, 0.4) is 0 Å². The van der Waals surface area contributed by atoms with Crippen molar-refractivity contribution < 1.29 is 9.53 Å². The van der Waals surface area contributed by atoms with Crippen LogP contribution in [-0.4, -0.2) is 39.3 Å². The van der Waals surface area contributed by atoms with Gasteiger partial charge in [-0.3, -0.25) is 4.79 Å². The third-order valence-electron chi connectivity index (χ3n) is 3.54. The van der Waals surface area contributed by atoms with Crippen molar-refractivity contribution in [2.24, 2.45) is 5.41 Å². The lowest BCUT2D eigenvalue weighted by Gasteiger charge is -2.37. The molecule has 0 unspecified atom stereocenters. The number of rotatable bonds is 5. The van der Waals surface area contributed by atoms with E-state index < -0.39 is 0 Å². The van der Waals surface area contributed by atoms with Gasteiger partial charge in [-0.25, -0.2) is 0 Å². The Hall–Kier alpha value is -0.620. The van der Waals surface area contributed by atoms with Gasteiger partial charge in [0.2, 0.25) is 0 Å². The van der Waals surface area contributed by atoms with Gasteiger partial charge in [-0.2, -0.15) is 0 Å². The van der Waals surface area contributed by atoms with Gasteiger partial charge in [0.15, 0.2) is 0 Å². The second kappa shape index (κ2) is 6.70. The summed E-state index contributed by atoms with van der Waals surface area (Å²) in [6, 6.07) is 3.50. The number of halogens is 1. The average molecular weight is 303 g/mol. The van der Waals surface area contributed by atoms with Gasteiger partial charge in [0.1, 0.15) is 0 Å². The maximum Gasteiger partial charge on any atom is 0.261 e. The van der Waals surface area contributed by atoms with Crippen LogP contribution in [0.4, 0.5) is 0 Å². The Morgan fingerprint density at radius 1 is 1.53 bits per heavy atom. The van der Waals surface area contributed by atoms with Crippen LogP contribution in [0.15, 0.2) is 12.1 Å². The predicted molar refractivity (Wildman–Crippen MR) is 78.1 cm³/mol. The number of amides is 1. The van der Waals surface area contributed by atoms with Gasteiger partial charge in [-0.15, -0.1) is 11.3 Å². The molecule has 6 heteroatoms. The summed E-state index contributed by atoms with van der Waals surface area (Å²) in [6.07, 6.45) is 2.04. The Labute approximate surface area is 122 Å². The van der Waals surface area contributed by atoms with Gasteiger partial charge < -0.3 is 15.4 Å². The zero-order valence-corrected chi connectivity index (χ0v) is 12.6. The highest BCUT2D eigenvalue weighted by Crippen LogP contribution is 2.28. The fraction of sp³-hybridized carbons (Fsp3) is 0.615. The lowest BCUT2D eigenvalue weighted by atomic mass is 9.79. The van der Waals surface area contributed by atoms with Crippen LogP contribution in [0.25, 0.3) is 0 Å². The fourth-order valence-electron chi connectivity index (χ4n) is 2.43. The van der Waals surface area contributed by atoms with E-state index in [4.69, 9.17) is 16.3 Å². The van der Waals surface area contributed by atoms with Crippen LogP contribution in [-0.2, 0) is 4.74 Å². The maximum absolute atomic E-state index is 12.0. The van der Waals surface area contributed by atoms with Crippen LogP contribution >= 0.6 is 22.9 Å². The molecule has 0 atom stereocenters. The number of thiophene rings is 1. The van der Waals surface area contributed by atoms with Gasteiger partial charge in [0, 0.05) is 19.1 Å². The molecule has 1 amide bonds. The zero-order chi connectivity index (χ0) is 13.7. The van der Waals surface area contributed by atoms with E-state index in [-0.39, 0.29) is 11.3 Å². The van der Waals surface area contributed by atoms with E-state index in [0.717, 1.165) is 25.9 Å². The Kier molecular flexibility index (Phi) is 5.21. The average Bonchev–Trinajstić information content (AvgIpc) is 2.84. The van der Waals surface area contributed by atoms with Crippen LogP contribution < -0.4 is 10.6 Å². The highest BCUT2D eigenvalue weighted by atomic mass is 35.5. The standard InChI is InChI=1S/C13H19ClN2O2S/c1-18-9-13(4-6-15-7-5-13)8-16-12(17)10-2-3-11(14)19-10/h2-3,15H,4-9H2,1H3,(H,16,17). The summed E-state index contributed by atoms with van der Waals surface area (Å²) >= 11 is 7.15. The Balaban J connectivity index is 1.93. The van der Waals surface area contributed by atoms with E-state index in [1.807, 2.05) is 0 Å². The highest BCUT2D eigenvalue weighted by molar-refractivity contribution is 7.17. The van der Waals surface area contributed by atoms with E-state index in [0.29, 0.717) is 22.4 Å². The lowest BCUT2D eigenvalue weighted by Crippen LogP contribution is -2.47. The van der Waals surface area contributed by atoms with Crippen LogP contribution in [0, 0.1) is 5.41 Å². The van der Waals surface area contributed by atoms with Gasteiger partial charge in [-0.1, -0.05) is 11.6 Å². The molecule has 0 spiro atoms. The van der Waals surface area contributed by atoms with E-state index in [1.54, 1.807) is 19.2 Å². The van der Waals surface area contributed by atoms with Gasteiger partial charge in [-0.05, 0) is 38.1 Å². The minimum absolute atomic E-state index is 0.0501. The maximum atomic E-state index is 12.0. The SMILES string of the molecule is COCC1(CNC(=O)c2ccc(Cl)s2)CCNCC1. The smallest absolute Gasteiger partial charge is 0.261 e. The summed E-state index contributed by atoms with van der Waals surface area (Å²) in [5.41, 5.74) is 0.0523. The first-order valence-electron chi connectivity index (χ1n) is 6.38. The van der Waals surface area contributed by atoms with Crippen LogP contribution in [0.1, 0.15) is 22.5 Å². The molecular formula is C13H19ClN2O2S. The minimum Gasteiger partial charge on any atom is -0.384 e. The Morgan fingerprint density at radius 2 is 2.26 bits per heavy atom. The quantitative estimate of drug-likeness (QED) is 0.876. The zero-order valence-electron chi connectivity index (χ0n) is 11.0. The molecule has 0 saturated carbocycles. The summed E-state index contributed by atoms with van der Waals surface area (Å²) in [4.78, 5) is 12.7. The molecule has 2 N–H and O–H groups in total. The first kappa shape index (κ1) is 14.8. The second-order valence-corrected chi connectivity index (χ2v) is 6.68. The molecule has 1 aliphatic heterocycles. The second-order valence-electron chi connectivity index (χ2n) is 4.97. The van der Waals surface area contributed by atoms with Crippen molar-refractivity contribution in [3.05, 3.63) is 21.3 Å². The molecule has 1 fully saturated rings. The normalized spacial score (nSPS) is 18.2. The first-order chi connectivity index (χ1) is 9.15. The number of hydrogen-bond donors (Lipinski definition) is 2. The molecule has 4 nitrogen and oxygen atoms in total. The van der Waals surface area contributed by atoms with Crippen molar-refractivity contribution in [1.29, 1.82) is 0 Å². The minimum atomic E-state index is -0.0501. The predicted octanol–water partition coefficient (Wildman–Crippen LogP) is 2.15. The molecule has 19 heavy (non-hydrogen) atoms. The topological polar surface area (TPSA) is 50.4 Å². The van der Waals surface area contributed by atoms with Crippen molar-refractivity contribution in [1.82, 2.24) is 10.6 Å². The summed E-state index contributed by atoms with van der Waals surface area (Å²) in [6.45, 7) is 3.28. The van der Waals surface area contributed by atoms with Gasteiger partial charge >= 0.3 is 0 Å². The summed E-state index contributed by atoms with van der Waals surface area (Å²) in [5.74, 6) is -0.0501. The molecule has 0 aromatic carbocycles. The van der Waals surface area contributed by atoms with Crippen molar-refractivity contribution in [3.63, 3.8) is 0 Å². The molecule has 0 radical (unpaired) electrons. The molecule has 1 aromatic heterocycles. The molecule has 0 bridgehead atoms. The molecule has 1 saturated heterocycles. The summed E-state index contributed by atoms with van der Waals surface area (Å²) in [7, 11) is 1.71. The van der Waals surface area contributed by atoms with E-state index in [1.165, 1.54) is 11.3 Å². The van der Waals surface area contributed by atoms with Crippen molar-refractivity contribution in [3.8, 4) is 0 Å². The van der Waals surface area contributed by atoms with Crippen molar-refractivity contribution >= 4 is 28.8 Å². The van der Waals surface area contributed by atoms with Gasteiger partial charge in [0.05, 0.1) is 15.8 Å². The van der Waals surface area contributed by atoms with Gasteiger partial charge in [0.25, 0.3) is 5.91 Å². The molecule has 0 aliphatic carbocycles. The van der Waals surface area contributed by atoms with Crippen LogP contribution in [0.2, 0.25) is 4.34 Å². The number of carbonyl (C=O) groups is 1. The molecule has 106 valence electrons. The Morgan fingerprint density at radius 3 is 2.84 bits per heavy atom. The van der Waals surface area contributed by atoms with Crippen LogP contribution in [0.5, 0.6) is 0 Å². The van der Waals surface area contributed by atoms with Crippen molar-refractivity contribution in [2.45, 2.75) is 12.8 Å². The first-order valence-corrected chi connectivity index (χ1v) is 7.58. The van der Waals surface area contributed by atoms with E-state index >= 15 is 0 Å². The molecule has 1 aliphatic rings. The third-order valence-corrected chi connectivity index (χ3v) is 4.77. The molecular weight excluding hydrogens is 284 g/mol. The molecule has 2 heterocycles. The molecule has 1 aromatic rings. The molecule has 2 rings (SSSR count). The van der Waals surface area contributed by atoms with E-state index in [9.17, 15) is 4.79 Å². The third kappa shape index (κ3) is 3.92. The fourth-order valence-corrected chi connectivity index (χ4v) is 3.39. The number of hydrogen-bond acceptors (Lipinski definition) is 4. The monoisotopic (exact) mass is 302 g/mol. The number of piperidine rings is 1. The van der Waals surface area contributed by atoms with Crippen molar-refractivity contribution in [2.75, 3.05) is 33.4 Å². The highest BCUT2D eigenvalue weighted by Gasteiger charge is 2.32. The number of nitrogens with one attached hydrogen (secondary N) is 2. The number of ether oxygens (including phenoxy) is 1. The Bertz CT molecular complexity index is 425. The largest absolute Gasteiger partial charge is 0.384 e. The number of methoxy groups -OCH3 is 1.